The molecule has 0 unspecified atom stereocenters. The van der Waals surface area contributed by atoms with Crippen molar-refractivity contribution in [2.45, 2.75) is 25.8 Å². The Labute approximate surface area is 98.8 Å². The van der Waals surface area contributed by atoms with Crippen molar-refractivity contribution in [1.29, 1.82) is 0 Å². The first-order chi connectivity index (χ1) is 7.54. The van der Waals surface area contributed by atoms with Gasteiger partial charge in [0.05, 0.1) is 0 Å². The SMILES string of the molecule is CC1CC(NC(=O)c2cc(F)cc(Cl)c2)C1. The average molecular weight is 242 g/mol. The number of amides is 1. The summed E-state index contributed by atoms with van der Waals surface area (Å²) in [6, 6.07) is 4.08. The molecule has 0 radical (unpaired) electrons. The van der Waals surface area contributed by atoms with Gasteiger partial charge in [-0.25, -0.2) is 4.39 Å². The van der Waals surface area contributed by atoms with Gasteiger partial charge in [0.25, 0.3) is 5.91 Å². The standard InChI is InChI=1S/C12H13ClFNO/c1-7-2-11(3-7)15-12(16)8-4-9(13)6-10(14)5-8/h4-7,11H,2-3H2,1H3,(H,15,16). The van der Waals surface area contributed by atoms with Crippen LogP contribution in [-0.2, 0) is 0 Å². The molecule has 0 spiro atoms. The lowest BCUT2D eigenvalue weighted by Gasteiger charge is -2.33. The molecule has 0 bridgehead atoms. The number of benzene rings is 1. The van der Waals surface area contributed by atoms with Gasteiger partial charge in [-0.15, -0.1) is 0 Å². The second-order valence-electron chi connectivity index (χ2n) is 4.41. The summed E-state index contributed by atoms with van der Waals surface area (Å²) < 4.78 is 13.0. The van der Waals surface area contributed by atoms with Gasteiger partial charge in [0.2, 0.25) is 0 Å². The lowest BCUT2D eigenvalue weighted by molar-refractivity contribution is 0.0895. The van der Waals surface area contributed by atoms with Crippen LogP contribution in [0, 0.1) is 11.7 Å². The Kier molecular flexibility index (Phi) is 3.15. The summed E-state index contributed by atoms with van der Waals surface area (Å²) in [4.78, 5) is 11.7. The second kappa shape index (κ2) is 4.42. The maximum Gasteiger partial charge on any atom is 0.251 e. The molecule has 0 heterocycles. The molecule has 16 heavy (non-hydrogen) atoms. The van der Waals surface area contributed by atoms with E-state index in [4.69, 9.17) is 11.6 Å². The minimum Gasteiger partial charge on any atom is -0.349 e. The van der Waals surface area contributed by atoms with E-state index < -0.39 is 5.82 Å². The first kappa shape index (κ1) is 11.4. The van der Waals surface area contributed by atoms with Crippen molar-refractivity contribution in [1.82, 2.24) is 5.32 Å². The van der Waals surface area contributed by atoms with Gasteiger partial charge in [0.15, 0.2) is 0 Å². The maximum absolute atomic E-state index is 13.0. The Balaban J connectivity index is 2.03. The summed E-state index contributed by atoms with van der Waals surface area (Å²) in [5.74, 6) is -0.0701. The summed E-state index contributed by atoms with van der Waals surface area (Å²) in [6.45, 7) is 2.14. The number of carbonyl (C=O) groups excluding carboxylic acids is 1. The second-order valence-corrected chi connectivity index (χ2v) is 4.84. The largest absolute Gasteiger partial charge is 0.349 e. The number of hydrogen-bond donors (Lipinski definition) is 1. The van der Waals surface area contributed by atoms with Gasteiger partial charge in [0.1, 0.15) is 5.82 Å². The molecule has 1 amide bonds. The third-order valence-electron chi connectivity index (χ3n) is 2.83. The van der Waals surface area contributed by atoms with Crippen LogP contribution in [0.1, 0.15) is 30.1 Å². The van der Waals surface area contributed by atoms with Gasteiger partial charge < -0.3 is 5.32 Å². The molecule has 4 heteroatoms. The van der Waals surface area contributed by atoms with E-state index in [1.807, 2.05) is 0 Å². The molecule has 0 aromatic heterocycles. The van der Waals surface area contributed by atoms with Crippen LogP contribution in [0.5, 0.6) is 0 Å². The minimum absolute atomic E-state index is 0.226. The van der Waals surface area contributed by atoms with Crippen LogP contribution in [0.4, 0.5) is 4.39 Å². The van der Waals surface area contributed by atoms with Gasteiger partial charge in [-0.05, 0) is 37.0 Å². The van der Waals surface area contributed by atoms with Gasteiger partial charge in [-0.2, -0.15) is 0 Å². The lowest BCUT2D eigenvalue weighted by Crippen LogP contribution is -2.43. The first-order valence-corrected chi connectivity index (χ1v) is 5.69. The molecule has 0 atom stereocenters. The molecule has 2 nitrogen and oxygen atoms in total. The molecule has 0 aliphatic heterocycles. The van der Waals surface area contributed by atoms with Crippen molar-refractivity contribution in [2.75, 3.05) is 0 Å². The topological polar surface area (TPSA) is 29.1 Å². The highest BCUT2D eigenvalue weighted by Crippen LogP contribution is 2.26. The van der Waals surface area contributed by atoms with Gasteiger partial charge in [-0.1, -0.05) is 18.5 Å². The first-order valence-electron chi connectivity index (χ1n) is 5.31. The summed E-state index contributed by atoms with van der Waals surface area (Å²) in [6.07, 6.45) is 1.99. The fraction of sp³-hybridized carbons (Fsp3) is 0.417. The summed E-state index contributed by atoms with van der Waals surface area (Å²) in [5.41, 5.74) is 0.282. The quantitative estimate of drug-likeness (QED) is 0.847. The highest BCUT2D eigenvalue weighted by atomic mass is 35.5. The van der Waals surface area contributed by atoms with Gasteiger partial charge >= 0.3 is 0 Å². The van der Waals surface area contributed by atoms with Crippen LogP contribution in [0.25, 0.3) is 0 Å². The number of halogens is 2. The van der Waals surface area contributed by atoms with Crippen LogP contribution in [0.2, 0.25) is 5.02 Å². The maximum atomic E-state index is 13.0. The predicted octanol–water partition coefficient (Wildman–Crippen LogP) is 3.01. The average Bonchev–Trinajstić information content (AvgIpc) is 2.13. The Morgan fingerprint density at radius 3 is 2.69 bits per heavy atom. The Hall–Kier alpha value is -1.09. The Morgan fingerprint density at radius 1 is 1.44 bits per heavy atom. The van der Waals surface area contributed by atoms with E-state index in [0.29, 0.717) is 5.92 Å². The smallest absolute Gasteiger partial charge is 0.251 e. The van der Waals surface area contributed by atoms with E-state index in [9.17, 15) is 9.18 Å². The van der Waals surface area contributed by atoms with Crippen molar-refractivity contribution in [3.05, 3.63) is 34.6 Å². The number of rotatable bonds is 2. The molecule has 1 aliphatic rings. The summed E-state index contributed by atoms with van der Waals surface area (Å²) in [5, 5.41) is 3.10. The van der Waals surface area contributed by atoms with Crippen LogP contribution < -0.4 is 5.32 Å². The zero-order chi connectivity index (χ0) is 11.7. The normalized spacial score (nSPS) is 23.7. The zero-order valence-corrected chi connectivity index (χ0v) is 9.72. The van der Waals surface area contributed by atoms with Crippen LogP contribution in [-0.4, -0.2) is 11.9 Å². The van der Waals surface area contributed by atoms with Crippen molar-refractivity contribution in [2.24, 2.45) is 5.92 Å². The molecule has 1 fully saturated rings. The molecule has 1 aliphatic carbocycles. The van der Waals surface area contributed by atoms with E-state index in [1.165, 1.54) is 18.2 Å². The Bertz CT molecular complexity index is 395. The Morgan fingerprint density at radius 2 is 2.12 bits per heavy atom. The van der Waals surface area contributed by atoms with E-state index in [2.05, 4.69) is 12.2 Å². The van der Waals surface area contributed by atoms with Crippen molar-refractivity contribution in [3.8, 4) is 0 Å². The summed E-state index contributed by atoms with van der Waals surface area (Å²) in [7, 11) is 0. The highest BCUT2D eigenvalue weighted by molar-refractivity contribution is 6.31. The van der Waals surface area contributed by atoms with E-state index in [0.717, 1.165) is 12.8 Å². The zero-order valence-electron chi connectivity index (χ0n) is 8.97. The van der Waals surface area contributed by atoms with E-state index in [-0.39, 0.29) is 22.5 Å². The van der Waals surface area contributed by atoms with Crippen LogP contribution in [0.3, 0.4) is 0 Å². The molecule has 86 valence electrons. The number of carbonyl (C=O) groups is 1. The molecule has 0 saturated heterocycles. The fourth-order valence-corrected chi connectivity index (χ4v) is 2.20. The third-order valence-corrected chi connectivity index (χ3v) is 3.05. The molecule has 1 N–H and O–H groups in total. The fourth-order valence-electron chi connectivity index (χ4n) is 1.97. The van der Waals surface area contributed by atoms with Crippen LogP contribution >= 0.6 is 11.6 Å². The molecule has 1 aromatic carbocycles. The van der Waals surface area contributed by atoms with Gasteiger partial charge in [0, 0.05) is 16.6 Å². The molecule has 1 aromatic rings. The van der Waals surface area contributed by atoms with Crippen molar-refractivity contribution >= 4 is 17.5 Å². The van der Waals surface area contributed by atoms with Crippen molar-refractivity contribution in [3.63, 3.8) is 0 Å². The number of nitrogens with one attached hydrogen (secondary N) is 1. The minimum atomic E-state index is -0.486. The molecule has 2 rings (SSSR count). The molecule has 1 saturated carbocycles. The van der Waals surface area contributed by atoms with Crippen molar-refractivity contribution < 1.29 is 9.18 Å². The molecular weight excluding hydrogens is 229 g/mol. The van der Waals surface area contributed by atoms with E-state index in [1.54, 1.807) is 0 Å². The third kappa shape index (κ3) is 2.53. The van der Waals surface area contributed by atoms with Crippen LogP contribution in [0.15, 0.2) is 18.2 Å². The number of hydrogen-bond acceptors (Lipinski definition) is 1. The van der Waals surface area contributed by atoms with Gasteiger partial charge in [-0.3, -0.25) is 4.79 Å². The monoisotopic (exact) mass is 241 g/mol. The molecular formula is C12H13ClFNO. The van der Waals surface area contributed by atoms with E-state index >= 15 is 0 Å². The predicted molar refractivity (Wildman–Crippen MR) is 61.1 cm³/mol. The lowest BCUT2D eigenvalue weighted by atomic mass is 9.82. The highest BCUT2D eigenvalue weighted by Gasteiger charge is 2.26. The summed E-state index contributed by atoms with van der Waals surface area (Å²) >= 11 is 5.68.